The number of carbonyl (C=O) groups excluding carboxylic acids is 1. The third kappa shape index (κ3) is 5.02. The third-order valence-corrected chi connectivity index (χ3v) is 4.87. The zero-order valence-corrected chi connectivity index (χ0v) is 14.8. The Morgan fingerprint density at radius 2 is 1.96 bits per heavy atom. The predicted molar refractivity (Wildman–Crippen MR) is 96.8 cm³/mol. The molecule has 1 N–H and O–H groups in total. The second-order valence-corrected chi connectivity index (χ2v) is 6.94. The average molecular weight is 352 g/mol. The summed E-state index contributed by atoms with van der Waals surface area (Å²) in [6.07, 6.45) is 3.51. The van der Waals surface area contributed by atoms with Gasteiger partial charge in [0.15, 0.2) is 0 Å². The highest BCUT2D eigenvalue weighted by atomic mass is 35.5. The second kappa shape index (κ2) is 8.58. The van der Waals surface area contributed by atoms with Crippen LogP contribution in [0.3, 0.4) is 0 Å². The summed E-state index contributed by atoms with van der Waals surface area (Å²) >= 11 is 6.24. The molecule has 2 aliphatic rings. The lowest BCUT2D eigenvalue weighted by Gasteiger charge is -2.36. The van der Waals surface area contributed by atoms with E-state index in [1.165, 1.54) is 12.8 Å². The van der Waals surface area contributed by atoms with E-state index in [0.717, 1.165) is 62.4 Å². The fraction of sp³-hybridized carbons (Fsp3) is 0.611. The quantitative estimate of drug-likeness (QED) is 0.768. The van der Waals surface area contributed by atoms with Gasteiger partial charge in [0.25, 0.3) is 0 Å². The van der Waals surface area contributed by atoms with Crippen molar-refractivity contribution in [2.24, 2.45) is 5.92 Å². The van der Waals surface area contributed by atoms with Crippen molar-refractivity contribution in [2.45, 2.75) is 19.3 Å². The summed E-state index contributed by atoms with van der Waals surface area (Å²) in [7, 11) is 0. The SMILES string of the molecule is O=C(NCCCOCC1CC1)N1CCN(c2ccccc2Cl)CC1. The van der Waals surface area contributed by atoms with Crippen molar-refractivity contribution in [1.29, 1.82) is 0 Å². The largest absolute Gasteiger partial charge is 0.381 e. The van der Waals surface area contributed by atoms with Crippen molar-refractivity contribution in [3.05, 3.63) is 29.3 Å². The minimum atomic E-state index is 0.0241. The highest BCUT2D eigenvalue weighted by Gasteiger charge is 2.22. The van der Waals surface area contributed by atoms with Gasteiger partial charge < -0.3 is 19.9 Å². The lowest BCUT2D eigenvalue weighted by Crippen LogP contribution is -2.52. The molecule has 1 aromatic carbocycles. The van der Waals surface area contributed by atoms with Crippen molar-refractivity contribution in [1.82, 2.24) is 10.2 Å². The van der Waals surface area contributed by atoms with Crippen LogP contribution in [-0.4, -0.2) is 56.9 Å². The molecule has 132 valence electrons. The van der Waals surface area contributed by atoms with Crippen molar-refractivity contribution >= 4 is 23.3 Å². The molecule has 24 heavy (non-hydrogen) atoms. The Bertz CT molecular complexity index is 543. The van der Waals surface area contributed by atoms with E-state index in [1.54, 1.807) is 0 Å². The first-order chi connectivity index (χ1) is 11.7. The second-order valence-electron chi connectivity index (χ2n) is 6.53. The van der Waals surface area contributed by atoms with Crippen molar-refractivity contribution in [2.75, 3.05) is 50.8 Å². The number of ether oxygens (including phenoxy) is 1. The van der Waals surface area contributed by atoms with Crippen molar-refractivity contribution in [3.63, 3.8) is 0 Å². The maximum atomic E-state index is 12.2. The van der Waals surface area contributed by atoms with Crippen molar-refractivity contribution in [3.8, 4) is 0 Å². The molecule has 5 nitrogen and oxygen atoms in total. The van der Waals surface area contributed by atoms with E-state index in [-0.39, 0.29) is 6.03 Å². The van der Waals surface area contributed by atoms with Gasteiger partial charge in [-0.15, -0.1) is 0 Å². The molecule has 0 aromatic heterocycles. The van der Waals surface area contributed by atoms with E-state index in [9.17, 15) is 4.79 Å². The smallest absolute Gasteiger partial charge is 0.317 e. The number of hydrogen-bond acceptors (Lipinski definition) is 3. The van der Waals surface area contributed by atoms with E-state index in [2.05, 4.69) is 10.2 Å². The maximum absolute atomic E-state index is 12.2. The van der Waals surface area contributed by atoms with E-state index in [0.29, 0.717) is 6.54 Å². The molecule has 3 rings (SSSR count). The molecule has 0 radical (unpaired) electrons. The van der Waals surface area contributed by atoms with Crippen LogP contribution in [0.4, 0.5) is 10.5 Å². The van der Waals surface area contributed by atoms with E-state index in [1.807, 2.05) is 29.2 Å². The zero-order chi connectivity index (χ0) is 16.8. The van der Waals surface area contributed by atoms with Gasteiger partial charge in [0.05, 0.1) is 10.7 Å². The summed E-state index contributed by atoms with van der Waals surface area (Å²) < 4.78 is 5.58. The highest BCUT2D eigenvalue weighted by Crippen LogP contribution is 2.28. The summed E-state index contributed by atoms with van der Waals surface area (Å²) in [6.45, 7) is 5.34. The van der Waals surface area contributed by atoms with Crippen LogP contribution in [0.1, 0.15) is 19.3 Å². The van der Waals surface area contributed by atoms with Gasteiger partial charge in [0, 0.05) is 45.9 Å². The number of rotatable bonds is 7. The standard InChI is InChI=1S/C18H26ClN3O2/c19-16-4-1-2-5-17(16)21-9-11-22(12-10-21)18(23)20-8-3-13-24-14-15-6-7-15/h1-2,4-5,15H,3,6-14H2,(H,20,23). The lowest BCUT2D eigenvalue weighted by molar-refractivity contribution is 0.121. The van der Waals surface area contributed by atoms with Crippen LogP contribution in [0, 0.1) is 5.92 Å². The number of nitrogens with zero attached hydrogens (tertiary/aromatic N) is 2. The number of piperazine rings is 1. The molecule has 0 spiro atoms. The molecule has 0 atom stereocenters. The van der Waals surface area contributed by atoms with Gasteiger partial charge >= 0.3 is 6.03 Å². The molecule has 1 saturated heterocycles. The Kier molecular flexibility index (Phi) is 6.21. The lowest BCUT2D eigenvalue weighted by atomic mass is 10.2. The number of para-hydroxylation sites is 1. The average Bonchev–Trinajstić information content (AvgIpc) is 3.43. The monoisotopic (exact) mass is 351 g/mol. The van der Waals surface area contributed by atoms with Crippen LogP contribution in [0.5, 0.6) is 0 Å². The number of urea groups is 1. The van der Waals surface area contributed by atoms with Gasteiger partial charge in [-0.1, -0.05) is 23.7 Å². The summed E-state index contributed by atoms with van der Waals surface area (Å²) in [5.74, 6) is 0.800. The first-order valence-electron chi connectivity index (χ1n) is 8.84. The van der Waals surface area contributed by atoms with Crippen LogP contribution >= 0.6 is 11.6 Å². The van der Waals surface area contributed by atoms with Gasteiger partial charge in [0.2, 0.25) is 0 Å². The topological polar surface area (TPSA) is 44.8 Å². The van der Waals surface area contributed by atoms with Crippen LogP contribution in [0.15, 0.2) is 24.3 Å². The fourth-order valence-electron chi connectivity index (χ4n) is 2.87. The minimum absolute atomic E-state index is 0.0241. The summed E-state index contributed by atoms with van der Waals surface area (Å²) in [5.41, 5.74) is 1.05. The normalized spacial score (nSPS) is 17.9. The summed E-state index contributed by atoms with van der Waals surface area (Å²) in [6, 6.07) is 7.88. The molecular formula is C18H26ClN3O2. The summed E-state index contributed by atoms with van der Waals surface area (Å²) in [5, 5.41) is 3.75. The van der Waals surface area contributed by atoms with Crippen LogP contribution in [0.25, 0.3) is 0 Å². The molecule has 0 unspecified atom stereocenters. The van der Waals surface area contributed by atoms with Crippen LogP contribution in [-0.2, 0) is 4.74 Å². The molecular weight excluding hydrogens is 326 g/mol. The number of amides is 2. The summed E-state index contributed by atoms with van der Waals surface area (Å²) in [4.78, 5) is 16.3. The van der Waals surface area contributed by atoms with Gasteiger partial charge in [0.1, 0.15) is 0 Å². The van der Waals surface area contributed by atoms with Gasteiger partial charge in [-0.25, -0.2) is 4.79 Å². The molecule has 1 saturated carbocycles. The Morgan fingerprint density at radius 1 is 1.21 bits per heavy atom. The Morgan fingerprint density at radius 3 is 2.67 bits per heavy atom. The molecule has 2 fully saturated rings. The molecule has 1 aliphatic heterocycles. The molecule has 1 aliphatic carbocycles. The van der Waals surface area contributed by atoms with Gasteiger partial charge in [-0.2, -0.15) is 0 Å². The maximum Gasteiger partial charge on any atom is 0.317 e. The number of halogens is 1. The van der Waals surface area contributed by atoms with Crippen LogP contribution in [0.2, 0.25) is 5.02 Å². The molecule has 6 heteroatoms. The fourth-order valence-corrected chi connectivity index (χ4v) is 3.13. The molecule has 1 heterocycles. The third-order valence-electron chi connectivity index (χ3n) is 4.55. The van der Waals surface area contributed by atoms with E-state index < -0.39 is 0 Å². The minimum Gasteiger partial charge on any atom is -0.381 e. The molecule has 2 amide bonds. The Labute approximate surface area is 148 Å². The predicted octanol–water partition coefficient (Wildman–Crippen LogP) is 2.99. The first kappa shape index (κ1) is 17.4. The highest BCUT2D eigenvalue weighted by molar-refractivity contribution is 6.33. The van der Waals surface area contributed by atoms with Crippen molar-refractivity contribution < 1.29 is 9.53 Å². The van der Waals surface area contributed by atoms with Crippen LogP contribution < -0.4 is 10.2 Å². The number of carbonyl (C=O) groups is 1. The number of nitrogens with one attached hydrogen (secondary N) is 1. The van der Waals surface area contributed by atoms with E-state index >= 15 is 0 Å². The number of anilines is 1. The van der Waals surface area contributed by atoms with Gasteiger partial charge in [-0.3, -0.25) is 0 Å². The van der Waals surface area contributed by atoms with E-state index in [4.69, 9.17) is 16.3 Å². The first-order valence-corrected chi connectivity index (χ1v) is 9.22. The molecule has 1 aromatic rings. The number of benzene rings is 1. The Balaban J connectivity index is 1.32. The molecule has 0 bridgehead atoms. The van der Waals surface area contributed by atoms with Gasteiger partial charge in [-0.05, 0) is 37.3 Å². The number of hydrogen-bond donors (Lipinski definition) is 1. The zero-order valence-electron chi connectivity index (χ0n) is 14.0. The Hall–Kier alpha value is -1.46.